The van der Waals surface area contributed by atoms with E-state index in [1.165, 1.54) is 0 Å². The van der Waals surface area contributed by atoms with Crippen molar-refractivity contribution < 1.29 is 4.74 Å². The fraction of sp³-hybridized carbons (Fsp3) is 0.176. The van der Waals surface area contributed by atoms with E-state index in [4.69, 9.17) is 4.74 Å². The molecule has 0 radical (unpaired) electrons. The van der Waals surface area contributed by atoms with E-state index in [2.05, 4.69) is 21.4 Å². The standard InChI is InChI=1S/C17H17N3O/c1-18-16(17-15(21-2)8-5-10-20-17)13-9-11-19-14-7-4-3-6-12(13)14/h3-11,16,18H,1-2H3. The van der Waals surface area contributed by atoms with E-state index in [-0.39, 0.29) is 6.04 Å². The maximum Gasteiger partial charge on any atom is 0.142 e. The summed E-state index contributed by atoms with van der Waals surface area (Å²) in [4.78, 5) is 8.91. The molecule has 2 aromatic heterocycles. The lowest BCUT2D eigenvalue weighted by molar-refractivity contribution is 0.402. The van der Waals surface area contributed by atoms with Gasteiger partial charge in [-0.3, -0.25) is 9.97 Å². The van der Waals surface area contributed by atoms with Gasteiger partial charge in [-0.2, -0.15) is 0 Å². The van der Waals surface area contributed by atoms with Crippen LogP contribution < -0.4 is 10.1 Å². The van der Waals surface area contributed by atoms with Crippen molar-refractivity contribution in [3.05, 3.63) is 66.1 Å². The maximum atomic E-state index is 5.44. The summed E-state index contributed by atoms with van der Waals surface area (Å²) in [6, 6.07) is 13.9. The van der Waals surface area contributed by atoms with E-state index in [1.807, 2.05) is 49.6 Å². The quantitative estimate of drug-likeness (QED) is 0.797. The van der Waals surface area contributed by atoms with Crippen molar-refractivity contribution in [2.75, 3.05) is 14.2 Å². The minimum Gasteiger partial charge on any atom is -0.495 e. The summed E-state index contributed by atoms with van der Waals surface area (Å²) < 4.78 is 5.44. The van der Waals surface area contributed by atoms with Gasteiger partial charge in [0, 0.05) is 17.8 Å². The lowest BCUT2D eigenvalue weighted by Gasteiger charge is -2.20. The Bertz CT molecular complexity index is 752. The zero-order valence-electron chi connectivity index (χ0n) is 12.1. The molecule has 4 heteroatoms. The van der Waals surface area contributed by atoms with Gasteiger partial charge in [0.25, 0.3) is 0 Å². The van der Waals surface area contributed by atoms with Crippen LogP contribution in [0.2, 0.25) is 0 Å². The van der Waals surface area contributed by atoms with Crippen LogP contribution in [0.3, 0.4) is 0 Å². The Hall–Kier alpha value is -2.46. The number of pyridine rings is 2. The SMILES string of the molecule is CNC(c1ncccc1OC)c1ccnc2ccccc12. The van der Waals surface area contributed by atoms with E-state index in [0.29, 0.717) is 0 Å². The van der Waals surface area contributed by atoms with Crippen LogP contribution in [0.5, 0.6) is 5.75 Å². The molecule has 1 atom stereocenters. The molecule has 106 valence electrons. The molecule has 0 aliphatic rings. The molecule has 1 N–H and O–H groups in total. The van der Waals surface area contributed by atoms with E-state index in [1.54, 1.807) is 13.3 Å². The molecule has 0 spiro atoms. The predicted molar refractivity (Wildman–Crippen MR) is 83.4 cm³/mol. The van der Waals surface area contributed by atoms with Crippen molar-refractivity contribution in [2.24, 2.45) is 0 Å². The fourth-order valence-corrected chi connectivity index (χ4v) is 2.60. The van der Waals surface area contributed by atoms with Gasteiger partial charge in [-0.05, 0) is 36.9 Å². The Morgan fingerprint density at radius 1 is 1.00 bits per heavy atom. The molecule has 0 aliphatic heterocycles. The van der Waals surface area contributed by atoms with Crippen molar-refractivity contribution in [1.29, 1.82) is 0 Å². The van der Waals surface area contributed by atoms with E-state index in [0.717, 1.165) is 27.9 Å². The van der Waals surface area contributed by atoms with Crippen LogP contribution in [0.15, 0.2) is 54.9 Å². The second-order valence-corrected chi connectivity index (χ2v) is 4.73. The molecule has 0 saturated heterocycles. The van der Waals surface area contributed by atoms with Gasteiger partial charge < -0.3 is 10.1 Å². The highest BCUT2D eigenvalue weighted by Crippen LogP contribution is 2.31. The lowest BCUT2D eigenvalue weighted by atomic mass is 9.98. The van der Waals surface area contributed by atoms with Crippen LogP contribution in [-0.4, -0.2) is 24.1 Å². The van der Waals surface area contributed by atoms with E-state index < -0.39 is 0 Å². The Morgan fingerprint density at radius 3 is 2.67 bits per heavy atom. The molecular weight excluding hydrogens is 262 g/mol. The van der Waals surface area contributed by atoms with Crippen LogP contribution in [0.4, 0.5) is 0 Å². The van der Waals surface area contributed by atoms with Crippen molar-refractivity contribution in [3.8, 4) is 5.75 Å². The summed E-state index contributed by atoms with van der Waals surface area (Å²) in [6.07, 6.45) is 3.61. The van der Waals surface area contributed by atoms with Crippen molar-refractivity contribution in [3.63, 3.8) is 0 Å². The van der Waals surface area contributed by atoms with Gasteiger partial charge in [-0.1, -0.05) is 18.2 Å². The lowest BCUT2D eigenvalue weighted by Crippen LogP contribution is -2.20. The summed E-state index contributed by atoms with van der Waals surface area (Å²) in [7, 11) is 3.59. The largest absolute Gasteiger partial charge is 0.495 e. The summed E-state index contributed by atoms with van der Waals surface area (Å²) in [6.45, 7) is 0. The normalized spacial score (nSPS) is 12.3. The molecule has 0 bridgehead atoms. The summed E-state index contributed by atoms with van der Waals surface area (Å²) in [5, 5.41) is 4.45. The molecule has 0 fully saturated rings. The number of para-hydroxylation sites is 1. The smallest absolute Gasteiger partial charge is 0.142 e. The molecule has 0 amide bonds. The molecule has 3 rings (SSSR count). The first kappa shape index (κ1) is 13.5. The highest BCUT2D eigenvalue weighted by atomic mass is 16.5. The molecule has 3 aromatic rings. The highest BCUT2D eigenvalue weighted by Gasteiger charge is 2.19. The van der Waals surface area contributed by atoms with Crippen molar-refractivity contribution in [2.45, 2.75) is 6.04 Å². The van der Waals surface area contributed by atoms with Crippen molar-refractivity contribution >= 4 is 10.9 Å². The molecule has 0 aliphatic carbocycles. The number of nitrogens with one attached hydrogen (secondary N) is 1. The monoisotopic (exact) mass is 279 g/mol. The number of ether oxygens (including phenoxy) is 1. The van der Waals surface area contributed by atoms with Crippen LogP contribution >= 0.6 is 0 Å². The second kappa shape index (κ2) is 5.89. The van der Waals surface area contributed by atoms with Crippen LogP contribution in [0.1, 0.15) is 17.3 Å². The van der Waals surface area contributed by atoms with Crippen LogP contribution in [0.25, 0.3) is 10.9 Å². The van der Waals surface area contributed by atoms with Gasteiger partial charge in [0.05, 0.1) is 18.7 Å². The number of methoxy groups -OCH3 is 1. The molecule has 0 saturated carbocycles. The van der Waals surface area contributed by atoms with Gasteiger partial charge >= 0.3 is 0 Å². The number of fused-ring (bicyclic) bond motifs is 1. The van der Waals surface area contributed by atoms with E-state index in [9.17, 15) is 0 Å². The number of hydrogen-bond donors (Lipinski definition) is 1. The molecule has 21 heavy (non-hydrogen) atoms. The van der Waals surface area contributed by atoms with Gasteiger partial charge in [0.2, 0.25) is 0 Å². The number of aromatic nitrogens is 2. The number of rotatable bonds is 4. The predicted octanol–water partition coefficient (Wildman–Crippen LogP) is 2.95. The average Bonchev–Trinajstić information content (AvgIpc) is 2.56. The van der Waals surface area contributed by atoms with Crippen LogP contribution in [-0.2, 0) is 0 Å². The first-order valence-corrected chi connectivity index (χ1v) is 6.85. The van der Waals surface area contributed by atoms with Gasteiger partial charge in [-0.15, -0.1) is 0 Å². The van der Waals surface area contributed by atoms with Crippen LogP contribution in [0, 0.1) is 0 Å². The number of hydrogen-bond acceptors (Lipinski definition) is 4. The fourth-order valence-electron chi connectivity index (χ4n) is 2.60. The summed E-state index contributed by atoms with van der Waals surface area (Å²) in [5.74, 6) is 0.776. The molecular formula is C17H17N3O. The Kier molecular flexibility index (Phi) is 3.79. The Labute approximate surface area is 123 Å². The second-order valence-electron chi connectivity index (χ2n) is 4.73. The minimum absolute atomic E-state index is 0.0472. The van der Waals surface area contributed by atoms with E-state index >= 15 is 0 Å². The van der Waals surface area contributed by atoms with Gasteiger partial charge in [0.15, 0.2) is 0 Å². The average molecular weight is 279 g/mol. The first-order chi connectivity index (χ1) is 10.3. The zero-order chi connectivity index (χ0) is 14.7. The summed E-state index contributed by atoms with van der Waals surface area (Å²) in [5.41, 5.74) is 2.99. The summed E-state index contributed by atoms with van der Waals surface area (Å²) >= 11 is 0. The maximum absolute atomic E-state index is 5.44. The topological polar surface area (TPSA) is 47.0 Å². The van der Waals surface area contributed by atoms with Gasteiger partial charge in [-0.25, -0.2) is 0 Å². The minimum atomic E-state index is -0.0472. The molecule has 1 unspecified atom stereocenters. The third-order valence-electron chi connectivity index (χ3n) is 3.58. The Balaban J connectivity index is 2.19. The molecule has 1 aromatic carbocycles. The first-order valence-electron chi connectivity index (χ1n) is 6.85. The van der Waals surface area contributed by atoms with Crippen molar-refractivity contribution in [1.82, 2.24) is 15.3 Å². The zero-order valence-corrected chi connectivity index (χ0v) is 12.1. The third-order valence-corrected chi connectivity index (χ3v) is 3.58. The molecule has 4 nitrogen and oxygen atoms in total. The molecule has 2 heterocycles. The number of nitrogens with zero attached hydrogens (tertiary/aromatic N) is 2. The van der Waals surface area contributed by atoms with Gasteiger partial charge in [0.1, 0.15) is 11.4 Å². The third kappa shape index (κ3) is 2.45. The Morgan fingerprint density at radius 2 is 1.86 bits per heavy atom. The number of benzene rings is 1. The highest BCUT2D eigenvalue weighted by molar-refractivity contribution is 5.82.